The molecular weight excluding hydrogens is 238 g/mol. The lowest BCUT2D eigenvalue weighted by Gasteiger charge is -2.19. The highest BCUT2D eigenvalue weighted by Crippen LogP contribution is 2.17. The van der Waals surface area contributed by atoms with Gasteiger partial charge in [-0.05, 0) is 31.9 Å². The predicted octanol–water partition coefficient (Wildman–Crippen LogP) is 4.05. The van der Waals surface area contributed by atoms with Crippen molar-refractivity contribution in [1.29, 1.82) is 0 Å². The van der Waals surface area contributed by atoms with Crippen molar-refractivity contribution in [3.8, 4) is 0 Å². The van der Waals surface area contributed by atoms with Crippen LogP contribution in [0.15, 0.2) is 24.3 Å². The molecule has 0 bridgehead atoms. The van der Waals surface area contributed by atoms with E-state index in [0.717, 1.165) is 18.2 Å². The summed E-state index contributed by atoms with van der Waals surface area (Å²) >= 11 is 2.09. The van der Waals surface area contributed by atoms with E-state index in [0.29, 0.717) is 6.04 Å². The summed E-state index contributed by atoms with van der Waals surface area (Å²) in [5.41, 5.74) is 2.81. The van der Waals surface area contributed by atoms with Crippen LogP contribution in [0.4, 0.5) is 0 Å². The normalized spacial score (nSPS) is 14.4. The highest BCUT2D eigenvalue weighted by molar-refractivity contribution is 7.99. The van der Waals surface area contributed by atoms with Gasteiger partial charge in [-0.2, -0.15) is 11.8 Å². The summed E-state index contributed by atoms with van der Waals surface area (Å²) in [5, 5.41) is 4.38. The third kappa shape index (κ3) is 5.92. The van der Waals surface area contributed by atoms with E-state index < -0.39 is 0 Å². The van der Waals surface area contributed by atoms with E-state index in [9.17, 15) is 0 Å². The molecule has 0 amide bonds. The van der Waals surface area contributed by atoms with Crippen LogP contribution in [0.1, 0.15) is 38.3 Å². The Morgan fingerprint density at radius 3 is 2.67 bits per heavy atom. The van der Waals surface area contributed by atoms with Gasteiger partial charge in [0.25, 0.3) is 0 Å². The van der Waals surface area contributed by atoms with E-state index in [2.05, 4.69) is 69.0 Å². The Bertz CT molecular complexity index is 338. The molecule has 2 heteroatoms. The molecular formula is C16H27NS. The smallest absolute Gasteiger partial charge is 0.0198 e. The molecule has 2 atom stereocenters. The Kier molecular flexibility index (Phi) is 7.45. The molecule has 0 aliphatic heterocycles. The summed E-state index contributed by atoms with van der Waals surface area (Å²) < 4.78 is 0. The molecule has 0 aliphatic carbocycles. The van der Waals surface area contributed by atoms with E-state index in [1.54, 1.807) is 0 Å². The fourth-order valence-electron chi connectivity index (χ4n) is 2.00. The van der Waals surface area contributed by atoms with Gasteiger partial charge >= 0.3 is 0 Å². The fraction of sp³-hybridized carbons (Fsp3) is 0.625. The molecule has 0 spiro atoms. The van der Waals surface area contributed by atoms with Crippen molar-refractivity contribution in [1.82, 2.24) is 5.32 Å². The molecule has 1 rings (SSSR count). The standard InChI is InChI=1S/C16H27NS/c1-5-14(4)18-12-16(17-6-2)11-15-9-7-8-13(3)10-15/h7-10,14,16-17H,5-6,11-12H2,1-4H3. The van der Waals surface area contributed by atoms with Crippen molar-refractivity contribution < 1.29 is 0 Å². The minimum absolute atomic E-state index is 0.593. The molecule has 0 aromatic heterocycles. The van der Waals surface area contributed by atoms with Crippen LogP contribution in [-0.4, -0.2) is 23.6 Å². The number of hydrogen-bond donors (Lipinski definition) is 1. The molecule has 1 nitrogen and oxygen atoms in total. The van der Waals surface area contributed by atoms with Crippen LogP contribution in [0.5, 0.6) is 0 Å². The average Bonchev–Trinajstić information content (AvgIpc) is 2.36. The lowest BCUT2D eigenvalue weighted by atomic mass is 10.0. The van der Waals surface area contributed by atoms with Crippen LogP contribution >= 0.6 is 11.8 Å². The molecule has 18 heavy (non-hydrogen) atoms. The minimum Gasteiger partial charge on any atom is -0.313 e. The summed E-state index contributed by atoms with van der Waals surface area (Å²) in [5.74, 6) is 1.21. The third-order valence-corrected chi connectivity index (χ3v) is 4.71. The number of likely N-dealkylation sites (N-methyl/N-ethyl adjacent to an activating group) is 1. The van der Waals surface area contributed by atoms with E-state index in [1.165, 1.54) is 23.3 Å². The third-order valence-electron chi connectivity index (χ3n) is 3.21. The molecule has 0 heterocycles. The van der Waals surface area contributed by atoms with E-state index in [4.69, 9.17) is 0 Å². The Labute approximate surface area is 117 Å². The molecule has 102 valence electrons. The second kappa shape index (κ2) is 8.60. The van der Waals surface area contributed by atoms with Crippen LogP contribution in [0.2, 0.25) is 0 Å². The molecule has 0 saturated heterocycles. The molecule has 0 radical (unpaired) electrons. The van der Waals surface area contributed by atoms with Crippen molar-refractivity contribution in [2.45, 2.75) is 51.8 Å². The summed E-state index contributed by atoms with van der Waals surface area (Å²) in [6, 6.07) is 9.47. The maximum Gasteiger partial charge on any atom is 0.0198 e. The van der Waals surface area contributed by atoms with E-state index in [1.807, 2.05) is 0 Å². The minimum atomic E-state index is 0.593. The zero-order valence-electron chi connectivity index (χ0n) is 12.2. The first-order valence-electron chi connectivity index (χ1n) is 7.06. The largest absolute Gasteiger partial charge is 0.313 e. The van der Waals surface area contributed by atoms with Crippen LogP contribution in [-0.2, 0) is 6.42 Å². The van der Waals surface area contributed by atoms with Gasteiger partial charge in [0.2, 0.25) is 0 Å². The molecule has 1 aromatic rings. The fourth-order valence-corrected chi connectivity index (χ4v) is 3.03. The summed E-state index contributed by atoms with van der Waals surface area (Å²) in [4.78, 5) is 0. The van der Waals surface area contributed by atoms with Gasteiger partial charge in [-0.15, -0.1) is 0 Å². The molecule has 2 unspecified atom stereocenters. The topological polar surface area (TPSA) is 12.0 Å². The molecule has 0 saturated carbocycles. The van der Waals surface area contributed by atoms with Crippen molar-refractivity contribution >= 4 is 11.8 Å². The number of nitrogens with one attached hydrogen (secondary N) is 1. The number of hydrogen-bond acceptors (Lipinski definition) is 2. The SMILES string of the molecule is CCNC(CSC(C)CC)Cc1cccc(C)c1. The lowest BCUT2D eigenvalue weighted by Crippen LogP contribution is -2.33. The summed E-state index contributed by atoms with van der Waals surface area (Å²) in [6.07, 6.45) is 2.40. The van der Waals surface area contributed by atoms with Gasteiger partial charge in [-0.1, -0.05) is 50.6 Å². The Hall–Kier alpha value is -0.470. The lowest BCUT2D eigenvalue weighted by molar-refractivity contribution is 0.571. The first kappa shape index (κ1) is 15.6. The Balaban J connectivity index is 2.51. The van der Waals surface area contributed by atoms with Crippen LogP contribution < -0.4 is 5.32 Å². The molecule has 0 fully saturated rings. The van der Waals surface area contributed by atoms with E-state index in [-0.39, 0.29) is 0 Å². The summed E-state index contributed by atoms with van der Waals surface area (Å²) in [6.45, 7) is 10.00. The number of benzene rings is 1. The highest BCUT2D eigenvalue weighted by Gasteiger charge is 2.10. The zero-order chi connectivity index (χ0) is 13.4. The Morgan fingerprint density at radius 1 is 1.28 bits per heavy atom. The maximum atomic E-state index is 3.61. The summed E-state index contributed by atoms with van der Waals surface area (Å²) in [7, 11) is 0. The van der Waals surface area contributed by atoms with Gasteiger partial charge in [0.15, 0.2) is 0 Å². The van der Waals surface area contributed by atoms with E-state index >= 15 is 0 Å². The first-order chi connectivity index (χ1) is 8.65. The van der Waals surface area contributed by atoms with Crippen molar-refractivity contribution in [3.63, 3.8) is 0 Å². The molecule has 1 aromatic carbocycles. The van der Waals surface area contributed by atoms with Gasteiger partial charge in [-0.25, -0.2) is 0 Å². The monoisotopic (exact) mass is 265 g/mol. The number of thioether (sulfide) groups is 1. The Morgan fingerprint density at radius 2 is 2.06 bits per heavy atom. The quantitative estimate of drug-likeness (QED) is 0.761. The maximum absolute atomic E-state index is 3.61. The second-order valence-electron chi connectivity index (χ2n) is 5.00. The first-order valence-corrected chi connectivity index (χ1v) is 8.11. The van der Waals surface area contributed by atoms with Gasteiger partial charge in [0.05, 0.1) is 0 Å². The van der Waals surface area contributed by atoms with Gasteiger partial charge < -0.3 is 5.32 Å². The number of rotatable bonds is 8. The van der Waals surface area contributed by atoms with Gasteiger partial charge in [0, 0.05) is 17.0 Å². The second-order valence-corrected chi connectivity index (χ2v) is 6.47. The average molecular weight is 265 g/mol. The van der Waals surface area contributed by atoms with Crippen LogP contribution in [0.3, 0.4) is 0 Å². The molecule has 0 aliphatic rings. The predicted molar refractivity (Wildman–Crippen MR) is 84.6 cm³/mol. The van der Waals surface area contributed by atoms with Crippen molar-refractivity contribution in [2.75, 3.05) is 12.3 Å². The van der Waals surface area contributed by atoms with Crippen LogP contribution in [0, 0.1) is 6.92 Å². The zero-order valence-corrected chi connectivity index (χ0v) is 13.0. The van der Waals surface area contributed by atoms with Crippen molar-refractivity contribution in [2.24, 2.45) is 0 Å². The van der Waals surface area contributed by atoms with Gasteiger partial charge in [0.1, 0.15) is 0 Å². The molecule has 1 N–H and O–H groups in total. The highest BCUT2D eigenvalue weighted by atomic mass is 32.2. The number of aryl methyl sites for hydroxylation is 1. The van der Waals surface area contributed by atoms with Crippen molar-refractivity contribution in [3.05, 3.63) is 35.4 Å². The van der Waals surface area contributed by atoms with Crippen LogP contribution in [0.25, 0.3) is 0 Å². The van der Waals surface area contributed by atoms with Gasteiger partial charge in [-0.3, -0.25) is 0 Å².